The van der Waals surface area contributed by atoms with Crippen molar-refractivity contribution in [2.75, 3.05) is 0 Å². The highest BCUT2D eigenvalue weighted by molar-refractivity contribution is 6.05. The van der Waals surface area contributed by atoms with Crippen molar-refractivity contribution in [2.45, 2.75) is 52.2 Å². The van der Waals surface area contributed by atoms with Crippen LogP contribution in [0, 0.1) is 6.92 Å². The van der Waals surface area contributed by atoms with Gasteiger partial charge in [0.1, 0.15) is 57.3 Å². The lowest BCUT2D eigenvalue weighted by Gasteiger charge is -2.35. The lowest BCUT2D eigenvalue weighted by Crippen LogP contribution is -2.30. The molecular formula is C30H28O8. The van der Waals surface area contributed by atoms with E-state index >= 15 is 0 Å². The summed E-state index contributed by atoms with van der Waals surface area (Å²) in [6.07, 6.45) is 2.52. The van der Waals surface area contributed by atoms with Gasteiger partial charge >= 0.3 is 0 Å². The minimum absolute atomic E-state index is 0.00143. The first-order valence-electron chi connectivity index (χ1n) is 12.2. The van der Waals surface area contributed by atoms with Crippen molar-refractivity contribution in [3.05, 3.63) is 75.4 Å². The molecular weight excluding hydrogens is 488 g/mol. The van der Waals surface area contributed by atoms with Crippen molar-refractivity contribution in [3.8, 4) is 34.5 Å². The van der Waals surface area contributed by atoms with Crippen molar-refractivity contribution in [2.24, 2.45) is 0 Å². The molecule has 0 saturated carbocycles. The second-order valence-corrected chi connectivity index (χ2v) is 10.2. The Morgan fingerprint density at radius 3 is 2.32 bits per heavy atom. The number of aromatic hydroxyl groups is 4. The number of hydrogen-bond acceptors (Lipinski definition) is 8. The predicted octanol–water partition coefficient (Wildman–Crippen LogP) is 5.50. The molecule has 0 aliphatic carbocycles. The Balaban J connectivity index is 1.76. The SMILES string of the molecule is CC(=O)c1c(O)c(C)c(O)c(Cc2c(O)c3c(c4c2O[C@H](c2ccccc2)CC4=O)OC(C)(C)C=C3)c1O. The summed E-state index contributed by atoms with van der Waals surface area (Å²) < 4.78 is 12.5. The highest BCUT2D eigenvalue weighted by Crippen LogP contribution is 2.53. The third kappa shape index (κ3) is 3.93. The van der Waals surface area contributed by atoms with Gasteiger partial charge in [-0.15, -0.1) is 0 Å². The zero-order chi connectivity index (χ0) is 27.5. The summed E-state index contributed by atoms with van der Waals surface area (Å²) >= 11 is 0. The zero-order valence-corrected chi connectivity index (χ0v) is 21.5. The first-order valence-corrected chi connectivity index (χ1v) is 12.2. The van der Waals surface area contributed by atoms with Crippen LogP contribution >= 0.6 is 0 Å². The summed E-state index contributed by atoms with van der Waals surface area (Å²) in [5.41, 5.74) is 0.151. The molecule has 38 heavy (non-hydrogen) atoms. The van der Waals surface area contributed by atoms with E-state index in [1.54, 1.807) is 12.2 Å². The molecule has 1 atom stereocenters. The number of carbonyl (C=O) groups is 2. The molecule has 8 heteroatoms. The van der Waals surface area contributed by atoms with Crippen LogP contribution in [0.15, 0.2) is 36.4 Å². The molecule has 3 aromatic rings. The lowest BCUT2D eigenvalue weighted by molar-refractivity contribution is 0.0825. The van der Waals surface area contributed by atoms with Crippen molar-refractivity contribution in [1.82, 2.24) is 0 Å². The second-order valence-electron chi connectivity index (χ2n) is 10.2. The van der Waals surface area contributed by atoms with Crippen LogP contribution in [0.3, 0.4) is 0 Å². The number of phenolic OH excluding ortho intramolecular Hbond substituents is 4. The fraction of sp³-hybridized carbons (Fsp3) is 0.267. The maximum absolute atomic E-state index is 13.6. The van der Waals surface area contributed by atoms with Crippen LogP contribution in [-0.2, 0) is 6.42 Å². The van der Waals surface area contributed by atoms with Crippen molar-refractivity contribution >= 4 is 17.6 Å². The Labute approximate surface area is 219 Å². The zero-order valence-electron chi connectivity index (χ0n) is 21.5. The third-order valence-electron chi connectivity index (χ3n) is 7.07. The molecule has 0 bridgehead atoms. The largest absolute Gasteiger partial charge is 0.507 e. The standard InChI is InChI=1S/C30H28O8/c1-14-24(33)18(27(36)22(15(2)31)25(14)34)12-19-26(35)17-10-11-30(3,4)38-29(17)23-20(32)13-21(37-28(19)23)16-8-6-5-7-9-16/h5-11,21,33-36H,12-13H2,1-4H3/t21-/m0/s1. The van der Waals surface area contributed by atoms with Crippen LogP contribution in [0.4, 0.5) is 0 Å². The molecule has 4 N–H and O–H groups in total. The number of fused-ring (bicyclic) bond motifs is 3. The molecule has 0 unspecified atom stereocenters. The van der Waals surface area contributed by atoms with Gasteiger partial charge in [-0.05, 0) is 45.4 Å². The first-order chi connectivity index (χ1) is 17.9. The van der Waals surface area contributed by atoms with Gasteiger partial charge in [-0.3, -0.25) is 9.59 Å². The molecule has 196 valence electrons. The molecule has 0 saturated heterocycles. The van der Waals surface area contributed by atoms with Crippen LogP contribution in [0.2, 0.25) is 0 Å². The van der Waals surface area contributed by atoms with E-state index in [9.17, 15) is 30.0 Å². The number of hydrogen-bond donors (Lipinski definition) is 4. The average molecular weight is 517 g/mol. The number of Topliss-reactive ketones (excluding diaryl/α,β-unsaturated/α-hetero) is 2. The van der Waals surface area contributed by atoms with Gasteiger partial charge in [0, 0.05) is 23.1 Å². The molecule has 0 radical (unpaired) electrons. The Bertz CT molecular complexity index is 1530. The minimum Gasteiger partial charge on any atom is -0.507 e. The van der Waals surface area contributed by atoms with E-state index in [1.807, 2.05) is 44.2 Å². The summed E-state index contributed by atoms with van der Waals surface area (Å²) in [6, 6.07) is 9.19. The number of ketones is 2. The maximum Gasteiger partial charge on any atom is 0.174 e. The van der Waals surface area contributed by atoms with E-state index in [2.05, 4.69) is 0 Å². The summed E-state index contributed by atoms with van der Waals surface area (Å²) in [4.78, 5) is 25.8. The van der Waals surface area contributed by atoms with Crippen molar-refractivity contribution in [1.29, 1.82) is 0 Å². The van der Waals surface area contributed by atoms with E-state index < -0.39 is 34.7 Å². The molecule has 2 aliphatic rings. The van der Waals surface area contributed by atoms with Gasteiger partial charge in [0.25, 0.3) is 0 Å². The quantitative estimate of drug-likeness (QED) is 0.334. The molecule has 0 amide bonds. The van der Waals surface area contributed by atoms with Gasteiger partial charge in [0.2, 0.25) is 0 Å². The smallest absolute Gasteiger partial charge is 0.174 e. The predicted molar refractivity (Wildman–Crippen MR) is 140 cm³/mol. The van der Waals surface area contributed by atoms with Gasteiger partial charge in [-0.1, -0.05) is 30.3 Å². The second kappa shape index (κ2) is 8.83. The van der Waals surface area contributed by atoms with Crippen LogP contribution in [0.5, 0.6) is 34.5 Å². The molecule has 5 rings (SSSR count). The minimum atomic E-state index is -0.744. The van der Waals surface area contributed by atoms with Gasteiger partial charge < -0.3 is 29.9 Å². The topological polar surface area (TPSA) is 134 Å². The third-order valence-corrected chi connectivity index (χ3v) is 7.07. The van der Waals surface area contributed by atoms with Crippen molar-refractivity contribution in [3.63, 3.8) is 0 Å². The number of benzene rings is 3. The highest BCUT2D eigenvalue weighted by Gasteiger charge is 2.39. The highest BCUT2D eigenvalue weighted by atomic mass is 16.5. The molecule has 2 heterocycles. The van der Waals surface area contributed by atoms with Crippen LogP contribution in [0.1, 0.15) is 81.8 Å². The van der Waals surface area contributed by atoms with Gasteiger partial charge in [-0.25, -0.2) is 0 Å². The lowest BCUT2D eigenvalue weighted by atomic mass is 9.86. The van der Waals surface area contributed by atoms with Gasteiger partial charge in [0.05, 0.1) is 12.0 Å². The van der Waals surface area contributed by atoms with E-state index in [4.69, 9.17) is 9.47 Å². The molecule has 8 nitrogen and oxygen atoms in total. The maximum atomic E-state index is 13.6. The Morgan fingerprint density at radius 2 is 1.66 bits per heavy atom. The van der Waals surface area contributed by atoms with Crippen LogP contribution < -0.4 is 9.47 Å². The molecule has 0 fully saturated rings. The number of ether oxygens (including phenoxy) is 2. The normalized spacial score (nSPS) is 17.3. The fourth-order valence-corrected chi connectivity index (χ4v) is 5.04. The average Bonchev–Trinajstić information content (AvgIpc) is 2.86. The molecule has 3 aromatic carbocycles. The number of rotatable bonds is 4. The summed E-state index contributed by atoms with van der Waals surface area (Å²) in [5, 5.41) is 43.6. The van der Waals surface area contributed by atoms with E-state index in [-0.39, 0.29) is 69.3 Å². The van der Waals surface area contributed by atoms with Crippen LogP contribution in [-0.4, -0.2) is 37.6 Å². The molecule has 2 aliphatic heterocycles. The summed E-state index contributed by atoms with van der Waals surface area (Å²) in [7, 11) is 0. The Hall–Kier alpha value is -4.46. The van der Waals surface area contributed by atoms with Crippen LogP contribution in [0.25, 0.3) is 6.08 Å². The Morgan fingerprint density at radius 1 is 0.974 bits per heavy atom. The molecule has 0 aromatic heterocycles. The summed E-state index contributed by atoms with van der Waals surface area (Å²) in [6.45, 7) is 6.24. The number of phenols is 4. The first kappa shape index (κ1) is 25.2. The van der Waals surface area contributed by atoms with E-state index in [0.717, 1.165) is 5.56 Å². The van der Waals surface area contributed by atoms with Gasteiger partial charge in [-0.2, -0.15) is 0 Å². The van der Waals surface area contributed by atoms with Gasteiger partial charge in [0.15, 0.2) is 11.6 Å². The van der Waals surface area contributed by atoms with E-state index in [1.165, 1.54) is 13.8 Å². The monoisotopic (exact) mass is 516 g/mol. The van der Waals surface area contributed by atoms with Crippen molar-refractivity contribution < 1.29 is 39.5 Å². The number of carbonyl (C=O) groups excluding carboxylic acids is 2. The fourth-order valence-electron chi connectivity index (χ4n) is 5.04. The summed E-state index contributed by atoms with van der Waals surface area (Å²) in [5.74, 6) is -2.40. The Kier molecular flexibility index (Phi) is 5.86. The molecule has 0 spiro atoms. The van der Waals surface area contributed by atoms with E-state index in [0.29, 0.717) is 0 Å².